The molecule has 9 nitrogen and oxygen atoms in total. The number of benzene rings is 1. The number of nitrogens with one attached hydrogen (secondary N) is 1. The van der Waals surface area contributed by atoms with Crippen LogP contribution in [0.4, 0.5) is 11.6 Å². The van der Waals surface area contributed by atoms with Gasteiger partial charge in [0.2, 0.25) is 11.9 Å². The summed E-state index contributed by atoms with van der Waals surface area (Å²) >= 11 is 1.35. The van der Waals surface area contributed by atoms with E-state index in [2.05, 4.69) is 20.4 Å². The maximum absolute atomic E-state index is 12.3. The zero-order chi connectivity index (χ0) is 18.6. The molecule has 0 spiro atoms. The number of ether oxygens (including phenoxy) is 3. The molecule has 1 aromatic heterocycles. The smallest absolute Gasteiger partial charge is 0.234 e. The highest BCUT2D eigenvalue weighted by atomic mass is 32.2. The monoisotopic (exact) mass is 391 g/mol. The van der Waals surface area contributed by atoms with Gasteiger partial charge in [0, 0.05) is 31.9 Å². The number of thioether (sulfide) groups is 1. The van der Waals surface area contributed by atoms with Gasteiger partial charge in [-0.25, -0.2) is 0 Å². The largest absolute Gasteiger partial charge is 0.486 e. The van der Waals surface area contributed by atoms with Crippen molar-refractivity contribution in [3.63, 3.8) is 0 Å². The summed E-state index contributed by atoms with van der Waals surface area (Å²) in [6.45, 7) is 4.01. The Morgan fingerprint density at radius 3 is 2.74 bits per heavy atom. The summed E-state index contributed by atoms with van der Waals surface area (Å²) < 4.78 is 18.3. The van der Waals surface area contributed by atoms with Crippen molar-refractivity contribution < 1.29 is 19.0 Å². The first-order valence-electron chi connectivity index (χ1n) is 8.75. The lowest BCUT2D eigenvalue weighted by Gasteiger charge is -2.27. The molecule has 0 aliphatic carbocycles. The highest BCUT2D eigenvalue weighted by Crippen LogP contribution is 2.32. The maximum Gasteiger partial charge on any atom is 0.234 e. The van der Waals surface area contributed by atoms with Crippen LogP contribution < -0.4 is 19.7 Å². The number of nitrogens with zero attached hydrogens (tertiary/aromatic N) is 4. The Balaban J connectivity index is 1.33. The number of aromatic nitrogens is 3. The van der Waals surface area contributed by atoms with Crippen LogP contribution in [0.15, 0.2) is 23.4 Å². The third-order valence-electron chi connectivity index (χ3n) is 4.26. The number of rotatable bonds is 5. The lowest BCUT2D eigenvalue weighted by molar-refractivity contribution is -0.113. The van der Waals surface area contributed by atoms with Crippen molar-refractivity contribution in [3.8, 4) is 11.5 Å². The number of anilines is 2. The molecule has 0 atom stereocenters. The standard InChI is InChI=1S/C17H21N5O4S/c1-21-16(22-4-6-24-7-5-22)19-20-17(21)27-11-15(23)18-12-2-3-13-14(10-12)26-9-8-25-13/h2-3,10H,4-9,11H2,1H3,(H,18,23). The molecule has 144 valence electrons. The molecule has 0 unspecified atom stereocenters. The fraction of sp³-hybridized carbons (Fsp3) is 0.471. The average molecular weight is 391 g/mol. The van der Waals surface area contributed by atoms with Gasteiger partial charge < -0.3 is 24.4 Å². The van der Waals surface area contributed by atoms with Gasteiger partial charge in [-0.15, -0.1) is 10.2 Å². The number of hydrogen-bond donors (Lipinski definition) is 1. The predicted octanol–water partition coefficient (Wildman–Crippen LogP) is 1.15. The van der Waals surface area contributed by atoms with Gasteiger partial charge in [0.15, 0.2) is 16.7 Å². The summed E-state index contributed by atoms with van der Waals surface area (Å²) in [5, 5.41) is 12.0. The SMILES string of the molecule is Cn1c(SCC(=O)Nc2ccc3c(c2)OCCO3)nnc1N1CCOCC1. The van der Waals surface area contributed by atoms with Gasteiger partial charge in [0.05, 0.1) is 19.0 Å². The van der Waals surface area contributed by atoms with E-state index in [1.807, 2.05) is 11.6 Å². The molecule has 0 radical (unpaired) electrons. The second-order valence-electron chi connectivity index (χ2n) is 6.14. The number of carbonyl (C=O) groups is 1. The zero-order valence-corrected chi connectivity index (χ0v) is 15.8. The summed E-state index contributed by atoms with van der Waals surface area (Å²) in [6.07, 6.45) is 0. The van der Waals surface area contributed by atoms with Crippen LogP contribution in [-0.2, 0) is 16.6 Å². The number of amides is 1. The van der Waals surface area contributed by atoms with E-state index in [9.17, 15) is 4.79 Å². The van der Waals surface area contributed by atoms with E-state index < -0.39 is 0 Å². The Kier molecular flexibility index (Phi) is 5.35. The number of carbonyl (C=O) groups excluding carboxylic acids is 1. The molecule has 2 aromatic rings. The van der Waals surface area contributed by atoms with Crippen LogP contribution in [0.1, 0.15) is 0 Å². The average Bonchev–Trinajstić information content (AvgIpc) is 3.07. The molecule has 1 fully saturated rings. The van der Waals surface area contributed by atoms with Gasteiger partial charge in [-0.05, 0) is 12.1 Å². The van der Waals surface area contributed by atoms with Gasteiger partial charge in [0.1, 0.15) is 13.2 Å². The molecular weight excluding hydrogens is 370 g/mol. The Bertz CT molecular complexity index is 822. The van der Waals surface area contributed by atoms with Crippen molar-refractivity contribution in [1.29, 1.82) is 0 Å². The molecule has 1 amide bonds. The minimum absolute atomic E-state index is 0.118. The van der Waals surface area contributed by atoms with Crippen molar-refractivity contribution in [2.45, 2.75) is 5.16 Å². The summed E-state index contributed by atoms with van der Waals surface area (Å²) in [5.74, 6) is 2.27. The lowest BCUT2D eigenvalue weighted by atomic mass is 10.2. The summed E-state index contributed by atoms with van der Waals surface area (Å²) in [7, 11) is 1.91. The Morgan fingerprint density at radius 2 is 1.93 bits per heavy atom. The molecule has 1 N–H and O–H groups in total. The van der Waals surface area contributed by atoms with Crippen LogP contribution in [0.3, 0.4) is 0 Å². The highest BCUT2D eigenvalue weighted by Gasteiger charge is 2.19. The Labute approximate surface area is 161 Å². The van der Waals surface area contributed by atoms with E-state index in [1.165, 1.54) is 11.8 Å². The van der Waals surface area contributed by atoms with Gasteiger partial charge >= 0.3 is 0 Å². The Morgan fingerprint density at radius 1 is 1.15 bits per heavy atom. The fourth-order valence-electron chi connectivity index (χ4n) is 2.92. The fourth-order valence-corrected chi connectivity index (χ4v) is 3.63. The van der Waals surface area contributed by atoms with Crippen LogP contribution in [0.2, 0.25) is 0 Å². The predicted molar refractivity (Wildman–Crippen MR) is 101 cm³/mol. The Hall–Kier alpha value is -2.46. The van der Waals surface area contributed by atoms with Gasteiger partial charge in [-0.2, -0.15) is 0 Å². The van der Waals surface area contributed by atoms with E-state index in [0.29, 0.717) is 48.8 Å². The van der Waals surface area contributed by atoms with Crippen molar-refractivity contribution in [2.24, 2.45) is 7.05 Å². The molecular formula is C17H21N5O4S. The lowest BCUT2D eigenvalue weighted by Crippen LogP contribution is -2.37. The van der Waals surface area contributed by atoms with Crippen molar-refractivity contribution in [2.75, 3.05) is 55.5 Å². The molecule has 2 aliphatic rings. The number of morpholine rings is 1. The third kappa shape index (κ3) is 4.11. The van der Waals surface area contributed by atoms with E-state index in [4.69, 9.17) is 14.2 Å². The van der Waals surface area contributed by atoms with Gasteiger partial charge in [-0.1, -0.05) is 11.8 Å². The quantitative estimate of drug-likeness (QED) is 0.760. The van der Waals surface area contributed by atoms with Gasteiger partial charge in [0.25, 0.3) is 0 Å². The van der Waals surface area contributed by atoms with Crippen LogP contribution in [0, 0.1) is 0 Å². The first-order chi connectivity index (χ1) is 13.2. The number of fused-ring (bicyclic) bond motifs is 1. The van der Waals surface area contributed by atoms with E-state index in [0.717, 1.165) is 19.0 Å². The van der Waals surface area contributed by atoms with Crippen molar-refractivity contribution in [1.82, 2.24) is 14.8 Å². The minimum atomic E-state index is -0.118. The zero-order valence-electron chi connectivity index (χ0n) is 15.0. The molecule has 2 aliphatic heterocycles. The van der Waals surface area contributed by atoms with Crippen LogP contribution in [0.25, 0.3) is 0 Å². The molecule has 10 heteroatoms. The molecule has 27 heavy (non-hydrogen) atoms. The second kappa shape index (κ2) is 8.05. The van der Waals surface area contributed by atoms with Crippen LogP contribution >= 0.6 is 11.8 Å². The third-order valence-corrected chi connectivity index (χ3v) is 5.28. The van der Waals surface area contributed by atoms with E-state index in [1.54, 1.807) is 18.2 Å². The highest BCUT2D eigenvalue weighted by molar-refractivity contribution is 7.99. The minimum Gasteiger partial charge on any atom is -0.486 e. The summed E-state index contributed by atoms with van der Waals surface area (Å²) in [5.41, 5.74) is 0.678. The molecule has 1 aromatic carbocycles. The van der Waals surface area contributed by atoms with Crippen molar-refractivity contribution >= 4 is 29.3 Å². The van der Waals surface area contributed by atoms with Gasteiger partial charge in [-0.3, -0.25) is 9.36 Å². The first kappa shape index (κ1) is 17.9. The summed E-state index contributed by atoms with van der Waals surface area (Å²) in [6, 6.07) is 5.37. The summed E-state index contributed by atoms with van der Waals surface area (Å²) in [4.78, 5) is 14.4. The van der Waals surface area contributed by atoms with Crippen molar-refractivity contribution in [3.05, 3.63) is 18.2 Å². The van der Waals surface area contributed by atoms with E-state index >= 15 is 0 Å². The molecule has 3 heterocycles. The first-order valence-corrected chi connectivity index (χ1v) is 9.73. The molecule has 4 rings (SSSR count). The maximum atomic E-state index is 12.3. The molecule has 0 saturated carbocycles. The normalized spacial score (nSPS) is 16.3. The molecule has 1 saturated heterocycles. The van der Waals surface area contributed by atoms with E-state index in [-0.39, 0.29) is 11.7 Å². The number of hydrogen-bond acceptors (Lipinski definition) is 8. The topological polar surface area (TPSA) is 90.7 Å². The van der Waals surface area contributed by atoms with Crippen LogP contribution in [-0.4, -0.2) is 65.9 Å². The second-order valence-corrected chi connectivity index (χ2v) is 7.08. The molecule has 0 bridgehead atoms. The van der Waals surface area contributed by atoms with Crippen LogP contribution in [0.5, 0.6) is 11.5 Å².